The Morgan fingerprint density at radius 1 is 0.926 bits per heavy atom. The normalized spacial score (nSPS) is 14.7. The highest BCUT2D eigenvalue weighted by Gasteiger charge is 2.29. The summed E-state index contributed by atoms with van der Waals surface area (Å²) in [5, 5.41) is 0. The lowest BCUT2D eigenvalue weighted by Crippen LogP contribution is -2.36. The van der Waals surface area contributed by atoms with E-state index in [1.807, 2.05) is 0 Å². The first kappa shape index (κ1) is 17.7. The van der Waals surface area contributed by atoms with Crippen molar-refractivity contribution >= 4 is 10.0 Å². The minimum Gasteiger partial charge on any atom is -0.236 e. The van der Waals surface area contributed by atoms with Crippen LogP contribution in [0.5, 0.6) is 0 Å². The van der Waals surface area contributed by atoms with Crippen molar-refractivity contribution in [2.75, 3.05) is 6.54 Å². The average molecular weight is 387 g/mol. The van der Waals surface area contributed by atoms with Gasteiger partial charge >= 0.3 is 0 Å². The van der Waals surface area contributed by atoms with Gasteiger partial charge in [0.25, 0.3) is 0 Å². The third kappa shape index (κ3) is 3.45. The number of hydrogen-bond donors (Lipinski definition) is 0. The number of rotatable bonds is 3. The Kier molecular flexibility index (Phi) is 4.45. The standard InChI is InChI=1S/C19H15F2N3O2S/c20-15-3-1-13(2-4-15)19-22-11-14-12-24(10-9-18(14)23-19)27(25,26)17-7-5-16(21)6-8-17/h1-8,11H,9-10,12H2. The minimum absolute atomic E-state index is 0.0520. The summed E-state index contributed by atoms with van der Waals surface area (Å²) in [6.07, 6.45) is 2.04. The van der Waals surface area contributed by atoms with E-state index in [-0.39, 0.29) is 23.8 Å². The summed E-state index contributed by atoms with van der Waals surface area (Å²) >= 11 is 0. The van der Waals surface area contributed by atoms with E-state index in [9.17, 15) is 17.2 Å². The molecule has 138 valence electrons. The smallest absolute Gasteiger partial charge is 0.236 e. The Labute approximate surface area is 155 Å². The van der Waals surface area contributed by atoms with E-state index in [4.69, 9.17) is 0 Å². The number of halogens is 2. The maximum atomic E-state index is 13.1. The molecular weight excluding hydrogens is 372 g/mol. The second kappa shape index (κ2) is 6.79. The Hall–Kier alpha value is -2.71. The van der Waals surface area contributed by atoms with Crippen molar-refractivity contribution in [1.82, 2.24) is 14.3 Å². The van der Waals surface area contributed by atoms with Crippen LogP contribution in [0, 0.1) is 11.6 Å². The van der Waals surface area contributed by atoms with Gasteiger partial charge in [0.1, 0.15) is 11.6 Å². The molecule has 2 aromatic carbocycles. The molecule has 0 spiro atoms. The van der Waals surface area contributed by atoms with Crippen molar-refractivity contribution in [3.05, 3.63) is 77.6 Å². The molecule has 0 fully saturated rings. The van der Waals surface area contributed by atoms with Crippen LogP contribution in [0.1, 0.15) is 11.3 Å². The van der Waals surface area contributed by atoms with Gasteiger partial charge in [0.05, 0.1) is 10.6 Å². The molecule has 1 aliphatic heterocycles. The van der Waals surface area contributed by atoms with Crippen molar-refractivity contribution in [2.45, 2.75) is 17.9 Å². The van der Waals surface area contributed by atoms with Gasteiger partial charge in [-0.2, -0.15) is 4.31 Å². The van der Waals surface area contributed by atoms with Crippen molar-refractivity contribution in [2.24, 2.45) is 0 Å². The summed E-state index contributed by atoms with van der Waals surface area (Å²) in [5.41, 5.74) is 2.19. The van der Waals surface area contributed by atoms with Gasteiger partial charge in [0.2, 0.25) is 10.0 Å². The van der Waals surface area contributed by atoms with Gasteiger partial charge < -0.3 is 0 Å². The summed E-state index contributed by atoms with van der Waals surface area (Å²) < 4.78 is 53.0. The molecule has 0 unspecified atom stereocenters. The number of aromatic nitrogens is 2. The number of fused-ring (bicyclic) bond motifs is 1. The van der Waals surface area contributed by atoms with Crippen LogP contribution in [0.25, 0.3) is 11.4 Å². The van der Waals surface area contributed by atoms with Gasteiger partial charge in [-0.05, 0) is 48.5 Å². The highest BCUT2D eigenvalue weighted by molar-refractivity contribution is 7.89. The number of hydrogen-bond acceptors (Lipinski definition) is 4. The zero-order valence-electron chi connectivity index (χ0n) is 14.1. The van der Waals surface area contributed by atoms with Crippen LogP contribution in [-0.2, 0) is 23.0 Å². The molecule has 1 aliphatic rings. The van der Waals surface area contributed by atoms with Crippen molar-refractivity contribution in [1.29, 1.82) is 0 Å². The minimum atomic E-state index is -3.72. The summed E-state index contributed by atoms with van der Waals surface area (Å²) in [6.45, 7) is 0.422. The van der Waals surface area contributed by atoms with E-state index < -0.39 is 15.8 Å². The van der Waals surface area contributed by atoms with E-state index in [1.54, 1.807) is 18.3 Å². The van der Waals surface area contributed by atoms with Crippen molar-refractivity contribution in [3.8, 4) is 11.4 Å². The van der Waals surface area contributed by atoms with Crippen molar-refractivity contribution < 1.29 is 17.2 Å². The van der Waals surface area contributed by atoms with Gasteiger partial charge in [-0.15, -0.1) is 0 Å². The molecule has 2 heterocycles. The lowest BCUT2D eigenvalue weighted by atomic mass is 10.1. The maximum Gasteiger partial charge on any atom is 0.243 e. The number of sulfonamides is 1. The summed E-state index contributed by atoms with van der Waals surface area (Å²) in [5.74, 6) is -0.346. The molecule has 8 heteroatoms. The molecule has 0 saturated heterocycles. The molecule has 0 saturated carbocycles. The molecule has 27 heavy (non-hydrogen) atoms. The predicted octanol–water partition coefficient (Wildman–Crippen LogP) is 3.17. The zero-order chi connectivity index (χ0) is 19.0. The lowest BCUT2D eigenvalue weighted by Gasteiger charge is -2.27. The van der Waals surface area contributed by atoms with Crippen LogP contribution in [-0.4, -0.2) is 29.2 Å². The first-order chi connectivity index (χ1) is 12.9. The van der Waals surface area contributed by atoms with Crippen molar-refractivity contribution in [3.63, 3.8) is 0 Å². The Morgan fingerprint density at radius 2 is 1.56 bits per heavy atom. The predicted molar refractivity (Wildman–Crippen MR) is 95.1 cm³/mol. The van der Waals surface area contributed by atoms with Gasteiger partial charge in [-0.1, -0.05) is 0 Å². The van der Waals surface area contributed by atoms with Gasteiger partial charge in [0, 0.05) is 36.8 Å². The number of benzene rings is 2. The molecule has 0 amide bonds. The van der Waals surface area contributed by atoms with Crippen LogP contribution >= 0.6 is 0 Å². The Balaban J connectivity index is 1.60. The summed E-state index contributed by atoms with van der Waals surface area (Å²) in [6, 6.07) is 10.7. The van der Waals surface area contributed by atoms with E-state index in [0.29, 0.717) is 17.8 Å². The molecule has 1 aromatic heterocycles. The lowest BCUT2D eigenvalue weighted by molar-refractivity contribution is 0.387. The van der Waals surface area contributed by atoms with Crippen LogP contribution in [0.2, 0.25) is 0 Å². The third-order valence-electron chi connectivity index (χ3n) is 4.45. The average Bonchev–Trinajstić information content (AvgIpc) is 2.68. The SMILES string of the molecule is O=S(=O)(c1ccc(F)cc1)N1CCc2nc(-c3ccc(F)cc3)ncc2C1. The molecule has 0 aliphatic carbocycles. The highest BCUT2D eigenvalue weighted by Crippen LogP contribution is 2.25. The van der Waals surface area contributed by atoms with Gasteiger partial charge in [-0.3, -0.25) is 0 Å². The van der Waals surface area contributed by atoms with Gasteiger partial charge in [-0.25, -0.2) is 27.2 Å². The number of nitrogens with zero attached hydrogens (tertiary/aromatic N) is 3. The second-order valence-electron chi connectivity index (χ2n) is 6.21. The first-order valence-corrected chi connectivity index (χ1v) is 9.74. The highest BCUT2D eigenvalue weighted by atomic mass is 32.2. The molecule has 5 nitrogen and oxygen atoms in total. The maximum absolute atomic E-state index is 13.1. The topological polar surface area (TPSA) is 63.2 Å². The van der Waals surface area contributed by atoms with E-state index in [2.05, 4.69) is 9.97 Å². The summed E-state index contributed by atoms with van der Waals surface area (Å²) in [7, 11) is -3.72. The second-order valence-corrected chi connectivity index (χ2v) is 8.15. The molecule has 0 atom stereocenters. The molecule has 3 aromatic rings. The van der Waals surface area contributed by atoms with Crippen LogP contribution in [0.3, 0.4) is 0 Å². The zero-order valence-corrected chi connectivity index (χ0v) is 15.0. The largest absolute Gasteiger partial charge is 0.243 e. The Morgan fingerprint density at radius 3 is 2.22 bits per heavy atom. The fraction of sp³-hybridized carbons (Fsp3) is 0.158. The van der Waals surface area contributed by atoms with E-state index in [0.717, 1.165) is 23.4 Å². The van der Waals surface area contributed by atoms with E-state index >= 15 is 0 Å². The Bertz CT molecular complexity index is 1080. The van der Waals surface area contributed by atoms with Gasteiger partial charge in [0.15, 0.2) is 5.82 Å². The quantitative estimate of drug-likeness (QED) is 0.693. The molecule has 0 N–H and O–H groups in total. The van der Waals surface area contributed by atoms with Crippen LogP contribution < -0.4 is 0 Å². The third-order valence-corrected chi connectivity index (χ3v) is 6.31. The molecule has 4 rings (SSSR count). The fourth-order valence-corrected chi connectivity index (χ4v) is 4.41. The fourth-order valence-electron chi connectivity index (χ4n) is 2.99. The monoisotopic (exact) mass is 387 g/mol. The first-order valence-electron chi connectivity index (χ1n) is 8.30. The summed E-state index contributed by atoms with van der Waals surface area (Å²) in [4.78, 5) is 8.85. The van der Waals surface area contributed by atoms with Crippen LogP contribution in [0.15, 0.2) is 59.6 Å². The van der Waals surface area contributed by atoms with E-state index in [1.165, 1.54) is 28.6 Å². The molecule has 0 radical (unpaired) electrons. The molecule has 0 bridgehead atoms. The van der Waals surface area contributed by atoms with Crippen LogP contribution in [0.4, 0.5) is 8.78 Å². The molecular formula is C19H15F2N3O2S.